The average molecular weight is 335 g/mol. The van der Waals surface area contributed by atoms with Gasteiger partial charge in [-0.05, 0) is 30.5 Å². The van der Waals surface area contributed by atoms with Crippen molar-refractivity contribution < 1.29 is 31.1 Å². The van der Waals surface area contributed by atoms with Gasteiger partial charge in [0, 0.05) is 12.0 Å². The second kappa shape index (κ2) is 5.36. The number of hydrogen-bond donors (Lipinski definition) is 0. The van der Waals surface area contributed by atoms with Gasteiger partial charge in [-0.1, -0.05) is 12.1 Å². The van der Waals surface area contributed by atoms with E-state index < -0.39 is 35.2 Å². The second-order valence-corrected chi connectivity index (χ2v) is 5.30. The molecule has 0 saturated carbocycles. The van der Waals surface area contributed by atoms with Gasteiger partial charge in [0.05, 0.1) is 17.2 Å². The summed E-state index contributed by atoms with van der Waals surface area (Å²) in [5.74, 6) is 0. The van der Waals surface area contributed by atoms with Crippen molar-refractivity contribution in [1.29, 1.82) is 0 Å². The van der Waals surface area contributed by atoms with E-state index in [4.69, 9.17) is 4.74 Å². The van der Waals surface area contributed by atoms with Gasteiger partial charge in [0.15, 0.2) is 0 Å². The molecule has 23 heavy (non-hydrogen) atoms. The molecule has 0 N–H and O–H groups in total. The third kappa shape index (κ3) is 2.99. The summed E-state index contributed by atoms with van der Waals surface area (Å²) in [6, 6.07) is 4.03. The first-order valence-electron chi connectivity index (χ1n) is 6.87. The minimum absolute atomic E-state index is 0.0414. The van der Waals surface area contributed by atoms with E-state index in [-0.39, 0.29) is 10.9 Å². The van der Waals surface area contributed by atoms with Crippen molar-refractivity contribution in [2.24, 2.45) is 0 Å². The number of para-hydroxylation sites is 1. The predicted octanol–water partition coefficient (Wildman–Crippen LogP) is 5.12. The van der Waals surface area contributed by atoms with Crippen LogP contribution >= 0.6 is 0 Å². The molecule has 0 radical (unpaired) electrons. The fourth-order valence-electron chi connectivity index (χ4n) is 2.74. The first-order chi connectivity index (χ1) is 10.7. The van der Waals surface area contributed by atoms with Crippen LogP contribution < -0.4 is 0 Å². The Morgan fingerprint density at radius 1 is 1.04 bits per heavy atom. The number of ether oxygens (including phenoxy) is 1. The maximum Gasteiger partial charge on any atom is 0.433 e. The summed E-state index contributed by atoms with van der Waals surface area (Å²) in [7, 11) is 0. The molecule has 2 aromatic rings. The first-order valence-corrected chi connectivity index (χ1v) is 6.87. The van der Waals surface area contributed by atoms with Gasteiger partial charge in [-0.15, -0.1) is 0 Å². The molecule has 1 saturated heterocycles. The van der Waals surface area contributed by atoms with Crippen molar-refractivity contribution in [3.63, 3.8) is 0 Å². The van der Waals surface area contributed by atoms with Crippen LogP contribution in [0, 0.1) is 0 Å². The van der Waals surface area contributed by atoms with Crippen LogP contribution in [0.5, 0.6) is 0 Å². The number of alkyl halides is 6. The number of hydrogen-bond acceptors (Lipinski definition) is 2. The molecule has 1 fully saturated rings. The van der Waals surface area contributed by atoms with Gasteiger partial charge in [-0.3, -0.25) is 0 Å². The van der Waals surface area contributed by atoms with Gasteiger partial charge in [0.25, 0.3) is 0 Å². The second-order valence-electron chi connectivity index (χ2n) is 5.30. The number of pyridine rings is 1. The van der Waals surface area contributed by atoms with Crippen LogP contribution in [0.1, 0.15) is 35.8 Å². The average Bonchev–Trinajstić information content (AvgIpc) is 2.97. The highest BCUT2D eigenvalue weighted by molar-refractivity contribution is 5.86. The van der Waals surface area contributed by atoms with Crippen LogP contribution in [0.4, 0.5) is 26.3 Å². The van der Waals surface area contributed by atoms with Crippen LogP contribution in [0.3, 0.4) is 0 Å². The number of halogens is 6. The zero-order valence-corrected chi connectivity index (χ0v) is 11.6. The fraction of sp³-hybridized carbons (Fsp3) is 0.400. The first kappa shape index (κ1) is 16.0. The minimum atomic E-state index is -4.83. The molecule has 3 rings (SSSR count). The number of benzene rings is 1. The van der Waals surface area contributed by atoms with E-state index in [2.05, 4.69) is 4.98 Å². The highest BCUT2D eigenvalue weighted by Gasteiger charge is 2.38. The summed E-state index contributed by atoms with van der Waals surface area (Å²) in [6.45, 7) is 0.370. The maximum atomic E-state index is 13.1. The lowest BCUT2D eigenvalue weighted by atomic mass is 9.98. The molecular weight excluding hydrogens is 324 g/mol. The number of aromatic nitrogens is 1. The number of fused-ring (bicyclic) bond motifs is 1. The van der Waals surface area contributed by atoms with Crippen molar-refractivity contribution in [3.05, 3.63) is 41.1 Å². The van der Waals surface area contributed by atoms with E-state index in [9.17, 15) is 26.3 Å². The largest absolute Gasteiger partial charge is 0.433 e. The molecule has 1 aliphatic heterocycles. The van der Waals surface area contributed by atoms with E-state index in [0.717, 1.165) is 12.1 Å². The van der Waals surface area contributed by atoms with E-state index in [1.54, 1.807) is 0 Å². The summed E-state index contributed by atoms with van der Waals surface area (Å²) in [5, 5.41) is 0.0414. The Morgan fingerprint density at radius 2 is 1.78 bits per heavy atom. The molecule has 2 heterocycles. The molecule has 124 valence electrons. The highest BCUT2D eigenvalue weighted by atomic mass is 19.4. The zero-order chi connectivity index (χ0) is 16.8. The van der Waals surface area contributed by atoms with Crippen molar-refractivity contribution in [1.82, 2.24) is 4.98 Å². The molecule has 8 heteroatoms. The van der Waals surface area contributed by atoms with Gasteiger partial charge in [-0.25, -0.2) is 4.98 Å². The van der Waals surface area contributed by atoms with Gasteiger partial charge in [0.1, 0.15) is 5.69 Å². The summed E-state index contributed by atoms with van der Waals surface area (Å²) >= 11 is 0. The molecule has 0 aliphatic carbocycles. The lowest BCUT2D eigenvalue weighted by Gasteiger charge is -2.18. The van der Waals surface area contributed by atoms with Crippen LogP contribution in [-0.2, 0) is 17.1 Å². The predicted molar refractivity (Wildman–Crippen MR) is 69.7 cm³/mol. The highest BCUT2D eigenvalue weighted by Crippen LogP contribution is 2.41. The smallest absolute Gasteiger partial charge is 0.374 e. The number of nitrogens with zero attached hydrogens (tertiary/aromatic N) is 1. The molecule has 1 aromatic heterocycles. The van der Waals surface area contributed by atoms with Crippen molar-refractivity contribution in [2.45, 2.75) is 31.3 Å². The van der Waals surface area contributed by atoms with E-state index in [0.29, 0.717) is 19.4 Å². The van der Waals surface area contributed by atoms with E-state index >= 15 is 0 Å². The van der Waals surface area contributed by atoms with Gasteiger partial charge < -0.3 is 4.74 Å². The Bertz CT molecular complexity index is 731. The van der Waals surface area contributed by atoms with E-state index in [1.807, 2.05) is 0 Å². The maximum absolute atomic E-state index is 13.1. The zero-order valence-electron chi connectivity index (χ0n) is 11.6. The Morgan fingerprint density at radius 3 is 2.35 bits per heavy atom. The lowest BCUT2D eigenvalue weighted by molar-refractivity contribution is -0.142. The lowest BCUT2D eigenvalue weighted by Crippen LogP contribution is -2.13. The quantitative estimate of drug-likeness (QED) is 0.675. The molecule has 2 nitrogen and oxygen atoms in total. The van der Waals surface area contributed by atoms with Crippen LogP contribution in [0.15, 0.2) is 24.3 Å². The molecule has 0 spiro atoms. The van der Waals surface area contributed by atoms with Crippen molar-refractivity contribution in [2.75, 3.05) is 6.61 Å². The van der Waals surface area contributed by atoms with Crippen molar-refractivity contribution >= 4 is 10.9 Å². The third-order valence-corrected chi connectivity index (χ3v) is 3.74. The molecule has 0 amide bonds. The summed E-state index contributed by atoms with van der Waals surface area (Å²) < 4.78 is 83.8. The van der Waals surface area contributed by atoms with Crippen molar-refractivity contribution in [3.8, 4) is 0 Å². The summed E-state index contributed by atoms with van der Waals surface area (Å²) in [5.41, 5.74) is -3.11. The number of rotatable bonds is 1. The molecule has 1 aliphatic rings. The molecule has 0 bridgehead atoms. The molecular formula is C15H11F6NO. The third-order valence-electron chi connectivity index (χ3n) is 3.74. The van der Waals surface area contributed by atoms with Gasteiger partial charge in [-0.2, -0.15) is 26.3 Å². The molecule has 1 aromatic carbocycles. The summed E-state index contributed by atoms with van der Waals surface area (Å²) in [6.07, 6.45) is -9.16. The molecule has 1 atom stereocenters. The topological polar surface area (TPSA) is 22.1 Å². The normalized spacial score (nSPS) is 19.5. The SMILES string of the molecule is FC(F)(F)c1cc(C2CCCO2)c2cccc(C(F)(F)F)c2n1. The minimum Gasteiger partial charge on any atom is -0.374 e. The monoisotopic (exact) mass is 335 g/mol. The Labute approximate surface area is 127 Å². The standard InChI is InChI=1S/C15H11F6NO/c16-14(17,18)10-4-1-3-8-9(11-5-2-6-23-11)7-12(15(19,20)21)22-13(8)10/h1,3-4,7,11H,2,5-6H2. The van der Waals surface area contributed by atoms with Crippen LogP contribution in [0.2, 0.25) is 0 Å². The van der Waals surface area contributed by atoms with Crippen LogP contribution in [-0.4, -0.2) is 11.6 Å². The molecule has 1 unspecified atom stereocenters. The van der Waals surface area contributed by atoms with Gasteiger partial charge in [0.2, 0.25) is 0 Å². The Kier molecular flexibility index (Phi) is 3.74. The van der Waals surface area contributed by atoms with Crippen LogP contribution in [0.25, 0.3) is 10.9 Å². The fourth-order valence-corrected chi connectivity index (χ4v) is 2.74. The summed E-state index contributed by atoms with van der Waals surface area (Å²) in [4.78, 5) is 3.24. The van der Waals surface area contributed by atoms with E-state index in [1.165, 1.54) is 12.1 Å². The van der Waals surface area contributed by atoms with Gasteiger partial charge >= 0.3 is 12.4 Å². The Balaban J connectivity index is 2.32. The Hall–Kier alpha value is -1.83.